The van der Waals surface area contributed by atoms with Crippen molar-refractivity contribution in [1.29, 1.82) is 0 Å². The number of amides is 1. The van der Waals surface area contributed by atoms with E-state index in [1.807, 2.05) is 48.5 Å². The Morgan fingerprint density at radius 2 is 1.56 bits per heavy atom. The van der Waals surface area contributed by atoms with Crippen LogP contribution in [0.2, 0.25) is 0 Å². The number of aliphatic carboxylic acids is 1. The minimum absolute atomic E-state index is 0.196. The quantitative estimate of drug-likeness (QED) is 0.284. The molecule has 0 saturated heterocycles. The summed E-state index contributed by atoms with van der Waals surface area (Å²) >= 11 is 0. The molecule has 32 heavy (non-hydrogen) atoms. The molecule has 1 amide bonds. The Kier molecular flexibility index (Phi) is 12.2. The summed E-state index contributed by atoms with van der Waals surface area (Å²) in [5, 5.41) is 12.0. The van der Waals surface area contributed by atoms with Gasteiger partial charge in [0, 0.05) is 12.7 Å². The third-order valence-corrected chi connectivity index (χ3v) is 6.17. The van der Waals surface area contributed by atoms with E-state index in [0.717, 1.165) is 24.8 Å². The van der Waals surface area contributed by atoms with E-state index >= 15 is 0 Å². The molecular weight excluding hydrogens is 429 g/mol. The summed E-state index contributed by atoms with van der Waals surface area (Å²) in [5.41, 5.74) is 2.13. The lowest BCUT2D eigenvalue weighted by molar-refractivity contribution is -0.145. The second kappa shape index (κ2) is 15.2. The number of hydrogen-bond acceptors (Lipinski definition) is 5. The van der Waals surface area contributed by atoms with Crippen LogP contribution >= 0.6 is 8.03 Å². The first kappa shape index (κ1) is 25.6. The van der Waals surface area contributed by atoms with Gasteiger partial charge >= 0.3 is 12.1 Å². The van der Waals surface area contributed by atoms with Crippen molar-refractivity contribution < 1.29 is 28.5 Å². The second-order valence-electron chi connectivity index (χ2n) is 7.49. The standard InChI is InChI=1S/C24H32NO6P/c26-23(27)22(31-32(29)18-10-8-13-20-11-3-1-4-12-20)16-7-9-17-25-24(28)30-19-21-14-5-2-6-15-21/h1-6,11-12,14-15,22,32H,7-10,13,16-19H2,(H,25,28)(H,26,27)/t22-/m0/s1. The molecule has 0 spiro atoms. The van der Waals surface area contributed by atoms with Gasteiger partial charge in [0.05, 0.1) is 0 Å². The molecular formula is C24H32NO6P. The Labute approximate surface area is 190 Å². The van der Waals surface area contributed by atoms with Crippen molar-refractivity contribution in [1.82, 2.24) is 5.32 Å². The van der Waals surface area contributed by atoms with E-state index in [4.69, 9.17) is 9.26 Å². The van der Waals surface area contributed by atoms with Crippen LogP contribution in [0, 0.1) is 0 Å². The summed E-state index contributed by atoms with van der Waals surface area (Å²) in [5.74, 6) is -1.11. The van der Waals surface area contributed by atoms with Crippen molar-refractivity contribution in [3.8, 4) is 0 Å². The second-order valence-corrected chi connectivity index (χ2v) is 8.97. The number of carboxylic acids is 1. The SMILES string of the molecule is O=C(NCCCC[C@H](O[PH](=O)CCCCc1ccccc1)C(=O)O)OCc1ccccc1. The molecule has 2 rings (SSSR count). The van der Waals surface area contributed by atoms with Crippen LogP contribution in [0.25, 0.3) is 0 Å². The fourth-order valence-electron chi connectivity index (χ4n) is 3.11. The van der Waals surface area contributed by atoms with Gasteiger partial charge in [-0.25, -0.2) is 9.59 Å². The minimum Gasteiger partial charge on any atom is -0.479 e. The first-order chi connectivity index (χ1) is 15.5. The number of aryl methyl sites for hydroxylation is 1. The molecule has 0 saturated carbocycles. The Balaban J connectivity index is 1.54. The van der Waals surface area contributed by atoms with E-state index in [1.54, 1.807) is 0 Å². The van der Waals surface area contributed by atoms with Gasteiger partial charge in [-0.2, -0.15) is 0 Å². The summed E-state index contributed by atoms with van der Waals surface area (Å²) in [6.07, 6.45) is 2.65. The number of ether oxygens (including phenoxy) is 1. The van der Waals surface area contributed by atoms with Crippen LogP contribution in [-0.4, -0.2) is 36.0 Å². The van der Waals surface area contributed by atoms with E-state index in [0.29, 0.717) is 25.5 Å². The van der Waals surface area contributed by atoms with Crippen molar-refractivity contribution in [2.75, 3.05) is 12.7 Å². The number of benzene rings is 2. The minimum atomic E-state index is -2.40. The van der Waals surface area contributed by atoms with Crippen LogP contribution in [0.4, 0.5) is 4.79 Å². The highest BCUT2D eigenvalue weighted by Crippen LogP contribution is 2.28. The molecule has 0 aromatic heterocycles. The average Bonchev–Trinajstić information content (AvgIpc) is 2.80. The Morgan fingerprint density at radius 3 is 2.22 bits per heavy atom. The zero-order chi connectivity index (χ0) is 23.0. The molecule has 174 valence electrons. The molecule has 2 N–H and O–H groups in total. The van der Waals surface area contributed by atoms with Crippen molar-refractivity contribution in [3.05, 3.63) is 71.8 Å². The predicted molar refractivity (Wildman–Crippen MR) is 124 cm³/mol. The highest BCUT2D eigenvalue weighted by Gasteiger charge is 2.20. The van der Waals surface area contributed by atoms with Crippen molar-refractivity contribution >= 4 is 20.1 Å². The van der Waals surface area contributed by atoms with Gasteiger partial charge in [-0.3, -0.25) is 4.57 Å². The molecule has 0 fully saturated rings. The number of hydrogen-bond donors (Lipinski definition) is 2. The van der Waals surface area contributed by atoms with Gasteiger partial charge in [0.2, 0.25) is 0 Å². The number of rotatable bonds is 15. The lowest BCUT2D eigenvalue weighted by Crippen LogP contribution is -2.26. The molecule has 0 aliphatic rings. The molecule has 8 heteroatoms. The average molecular weight is 461 g/mol. The molecule has 7 nitrogen and oxygen atoms in total. The fourth-order valence-corrected chi connectivity index (χ4v) is 4.31. The summed E-state index contributed by atoms with van der Waals surface area (Å²) in [7, 11) is -2.40. The highest BCUT2D eigenvalue weighted by molar-refractivity contribution is 7.39. The summed E-state index contributed by atoms with van der Waals surface area (Å²) in [6.45, 7) is 0.565. The van der Waals surface area contributed by atoms with Gasteiger partial charge < -0.3 is 19.7 Å². The lowest BCUT2D eigenvalue weighted by Gasteiger charge is -2.13. The highest BCUT2D eigenvalue weighted by atomic mass is 31.1. The Bertz CT molecular complexity index is 831. The topological polar surface area (TPSA) is 102 Å². The van der Waals surface area contributed by atoms with E-state index in [1.165, 1.54) is 5.56 Å². The molecule has 2 atom stereocenters. The van der Waals surface area contributed by atoms with Gasteiger partial charge in [-0.05, 0) is 49.7 Å². The molecule has 0 aliphatic heterocycles. The maximum atomic E-state index is 12.2. The number of alkyl carbamates (subject to hydrolysis) is 1. The van der Waals surface area contributed by atoms with E-state index in [-0.39, 0.29) is 13.0 Å². The first-order valence-electron chi connectivity index (χ1n) is 11.0. The molecule has 1 unspecified atom stereocenters. The van der Waals surface area contributed by atoms with Crippen LogP contribution in [0.15, 0.2) is 60.7 Å². The van der Waals surface area contributed by atoms with Crippen LogP contribution in [0.1, 0.15) is 43.2 Å². The molecule has 0 radical (unpaired) electrons. The van der Waals surface area contributed by atoms with E-state index < -0.39 is 26.2 Å². The van der Waals surface area contributed by atoms with E-state index in [2.05, 4.69) is 17.4 Å². The van der Waals surface area contributed by atoms with Crippen LogP contribution in [-0.2, 0) is 31.6 Å². The molecule has 0 heterocycles. The fraction of sp³-hybridized carbons (Fsp3) is 0.417. The maximum Gasteiger partial charge on any atom is 0.407 e. The van der Waals surface area contributed by atoms with Crippen LogP contribution < -0.4 is 5.32 Å². The monoisotopic (exact) mass is 461 g/mol. The zero-order valence-corrected chi connectivity index (χ0v) is 19.2. The van der Waals surface area contributed by atoms with Gasteiger partial charge in [0.25, 0.3) is 0 Å². The summed E-state index contributed by atoms with van der Waals surface area (Å²) in [6, 6.07) is 19.4. The number of carbonyl (C=O) groups is 2. The van der Waals surface area contributed by atoms with Crippen molar-refractivity contribution in [3.63, 3.8) is 0 Å². The number of carbonyl (C=O) groups excluding carboxylic acids is 1. The predicted octanol–water partition coefficient (Wildman–Crippen LogP) is 5.05. The first-order valence-corrected chi connectivity index (χ1v) is 12.5. The third kappa shape index (κ3) is 11.1. The maximum absolute atomic E-state index is 12.2. The Hall–Kier alpha value is -2.63. The van der Waals surface area contributed by atoms with E-state index in [9.17, 15) is 19.3 Å². The lowest BCUT2D eigenvalue weighted by atomic mass is 10.1. The van der Waals surface area contributed by atoms with Crippen LogP contribution in [0.3, 0.4) is 0 Å². The third-order valence-electron chi connectivity index (χ3n) is 4.86. The summed E-state index contributed by atoms with van der Waals surface area (Å²) in [4.78, 5) is 23.1. The molecule has 0 aliphatic carbocycles. The van der Waals surface area contributed by atoms with Crippen LogP contribution in [0.5, 0.6) is 0 Å². The Morgan fingerprint density at radius 1 is 0.906 bits per heavy atom. The van der Waals surface area contributed by atoms with Crippen molar-refractivity contribution in [2.45, 2.75) is 51.2 Å². The van der Waals surface area contributed by atoms with Gasteiger partial charge in [0.1, 0.15) is 6.61 Å². The van der Waals surface area contributed by atoms with Gasteiger partial charge in [0.15, 0.2) is 14.1 Å². The number of nitrogens with one attached hydrogen (secondary N) is 1. The van der Waals surface area contributed by atoms with Gasteiger partial charge in [-0.15, -0.1) is 0 Å². The normalized spacial score (nSPS) is 12.6. The molecule has 0 bridgehead atoms. The summed E-state index contributed by atoms with van der Waals surface area (Å²) < 4.78 is 22.6. The smallest absolute Gasteiger partial charge is 0.407 e. The number of carboxylic acid groups (broad SMARTS) is 1. The van der Waals surface area contributed by atoms with Gasteiger partial charge in [-0.1, -0.05) is 60.7 Å². The number of unbranched alkanes of at least 4 members (excludes halogenated alkanes) is 2. The molecule has 2 aromatic rings. The van der Waals surface area contributed by atoms with Crippen molar-refractivity contribution in [2.24, 2.45) is 0 Å². The largest absolute Gasteiger partial charge is 0.479 e. The zero-order valence-electron chi connectivity index (χ0n) is 18.2. The molecule has 2 aromatic carbocycles.